The third-order valence-corrected chi connectivity index (χ3v) is 5.68. The van der Waals surface area contributed by atoms with Crippen LogP contribution in [-0.4, -0.2) is 54.7 Å². The van der Waals surface area contributed by atoms with E-state index in [2.05, 4.69) is 39.8 Å². The standard InChI is InChI=1S/C19H32F3N5S.HI/c1-4-23-18(25-11-17-26-16(12-28-17)14(2)3)24-8-5-15-6-9-27(10-7-15)13-19(20,21)22;/h12,14-15H,4-11,13H2,1-3H3,(H2,23,24,25);1H. The highest BCUT2D eigenvalue weighted by Crippen LogP contribution is 2.24. The Labute approximate surface area is 193 Å². The molecule has 2 N–H and O–H groups in total. The van der Waals surface area contributed by atoms with Gasteiger partial charge in [0.15, 0.2) is 5.96 Å². The van der Waals surface area contributed by atoms with Crippen molar-refractivity contribution in [2.24, 2.45) is 10.9 Å². The Hall–Kier alpha value is -0.620. The van der Waals surface area contributed by atoms with Crippen molar-refractivity contribution in [3.8, 4) is 0 Å². The lowest BCUT2D eigenvalue weighted by Gasteiger charge is -2.32. The molecule has 0 amide bonds. The predicted molar refractivity (Wildman–Crippen MR) is 124 cm³/mol. The highest BCUT2D eigenvalue weighted by molar-refractivity contribution is 14.0. The van der Waals surface area contributed by atoms with Gasteiger partial charge in [0.05, 0.1) is 18.8 Å². The molecular weight excluding hydrogens is 514 g/mol. The Morgan fingerprint density at radius 1 is 1.31 bits per heavy atom. The molecule has 0 aromatic carbocycles. The fourth-order valence-corrected chi connectivity index (χ4v) is 4.11. The van der Waals surface area contributed by atoms with Crippen molar-refractivity contribution in [2.75, 3.05) is 32.7 Å². The van der Waals surface area contributed by atoms with E-state index in [-0.39, 0.29) is 24.0 Å². The van der Waals surface area contributed by atoms with Gasteiger partial charge in [0.1, 0.15) is 5.01 Å². The summed E-state index contributed by atoms with van der Waals surface area (Å²) < 4.78 is 37.4. The van der Waals surface area contributed by atoms with E-state index in [4.69, 9.17) is 0 Å². The van der Waals surface area contributed by atoms with Crippen molar-refractivity contribution in [3.63, 3.8) is 0 Å². The maximum atomic E-state index is 12.5. The molecule has 1 saturated heterocycles. The minimum Gasteiger partial charge on any atom is -0.357 e. The molecule has 0 saturated carbocycles. The zero-order valence-electron chi connectivity index (χ0n) is 17.4. The average Bonchev–Trinajstić information content (AvgIpc) is 3.09. The molecule has 0 aliphatic carbocycles. The third-order valence-electron chi connectivity index (χ3n) is 4.83. The third kappa shape index (κ3) is 10.3. The SMILES string of the molecule is CCNC(=NCc1nc(C(C)C)cs1)NCCC1CCN(CC(F)(F)F)CC1.I. The smallest absolute Gasteiger partial charge is 0.357 e. The van der Waals surface area contributed by atoms with Gasteiger partial charge in [0.25, 0.3) is 0 Å². The van der Waals surface area contributed by atoms with E-state index >= 15 is 0 Å². The van der Waals surface area contributed by atoms with Crippen LogP contribution in [0, 0.1) is 5.92 Å². The van der Waals surface area contributed by atoms with Crippen molar-refractivity contribution in [3.05, 3.63) is 16.1 Å². The van der Waals surface area contributed by atoms with Crippen LogP contribution in [0.3, 0.4) is 0 Å². The number of likely N-dealkylation sites (tertiary alicyclic amines) is 1. The Bertz CT molecular complexity index is 613. The molecule has 1 aliphatic rings. The van der Waals surface area contributed by atoms with Crippen molar-refractivity contribution in [2.45, 2.75) is 58.7 Å². The number of rotatable bonds is 8. The van der Waals surface area contributed by atoms with E-state index in [0.717, 1.165) is 49.0 Å². The maximum absolute atomic E-state index is 12.5. The number of guanidine groups is 1. The molecule has 10 heteroatoms. The van der Waals surface area contributed by atoms with Crippen molar-refractivity contribution < 1.29 is 13.2 Å². The van der Waals surface area contributed by atoms with Gasteiger partial charge in [0, 0.05) is 18.5 Å². The van der Waals surface area contributed by atoms with Gasteiger partial charge in [-0.15, -0.1) is 35.3 Å². The quantitative estimate of drug-likeness (QED) is 0.284. The first kappa shape index (κ1) is 26.4. The highest BCUT2D eigenvalue weighted by atomic mass is 127. The van der Waals surface area contributed by atoms with Gasteiger partial charge in [0.2, 0.25) is 0 Å². The van der Waals surface area contributed by atoms with Crippen molar-refractivity contribution in [1.29, 1.82) is 0 Å². The second kappa shape index (κ2) is 12.9. The van der Waals surface area contributed by atoms with Gasteiger partial charge in [-0.1, -0.05) is 13.8 Å². The number of halogens is 4. The van der Waals surface area contributed by atoms with Gasteiger partial charge in [-0.3, -0.25) is 4.90 Å². The molecule has 1 fully saturated rings. The normalized spacial score (nSPS) is 16.7. The summed E-state index contributed by atoms with van der Waals surface area (Å²) in [5.41, 5.74) is 1.10. The summed E-state index contributed by atoms with van der Waals surface area (Å²) in [5.74, 6) is 1.65. The van der Waals surface area contributed by atoms with E-state index in [9.17, 15) is 13.2 Å². The molecule has 0 spiro atoms. The van der Waals surface area contributed by atoms with Crippen LogP contribution in [0.15, 0.2) is 10.4 Å². The van der Waals surface area contributed by atoms with Gasteiger partial charge < -0.3 is 10.6 Å². The van der Waals surface area contributed by atoms with Crippen LogP contribution in [0.2, 0.25) is 0 Å². The zero-order chi connectivity index (χ0) is 20.6. The molecule has 2 rings (SSSR count). The van der Waals surface area contributed by atoms with Gasteiger partial charge in [-0.25, -0.2) is 9.98 Å². The predicted octanol–water partition coefficient (Wildman–Crippen LogP) is 4.60. The monoisotopic (exact) mass is 547 g/mol. The minimum absolute atomic E-state index is 0. The molecule has 5 nitrogen and oxygen atoms in total. The van der Waals surface area contributed by atoms with Crippen molar-refractivity contribution >= 4 is 41.3 Å². The average molecular weight is 547 g/mol. The number of hydrogen-bond donors (Lipinski definition) is 2. The van der Waals surface area contributed by atoms with E-state index < -0.39 is 12.7 Å². The summed E-state index contributed by atoms with van der Waals surface area (Å²) in [7, 11) is 0. The molecule has 1 aromatic heterocycles. The second-order valence-corrected chi connectivity index (χ2v) is 8.51. The van der Waals surface area contributed by atoms with Crippen LogP contribution in [0.4, 0.5) is 13.2 Å². The number of alkyl halides is 3. The second-order valence-electron chi connectivity index (χ2n) is 7.57. The molecular formula is C19H33F3IN5S. The summed E-state index contributed by atoms with van der Waals surface area (Å²) in [5, 5.41) is 9.66. The number of hydrogen-bond acceptors (Lipinski definition) is 4. The highest BCUT2D eigenvalue weighted by Gasteiger charge is 2.32. The van der Waals surface area contributed by atoms with Gasteiger partial charge in [-0.05, 0) is 51.1 Å². The topological polar surface area (TPSA) is 52.6 Å². The fourth-order valence-electron chi connectivity index (χ4n) is 3.23. The first-order chi connectivity index (χ1) is 13.3. The number of aromatic nitrogens is 1. The largest absolute Gasteiger partial charge is 0.401 e. The van der Waals surface area contributed by atoms with Gasteiger partial charge in [-0.2, -0.15) is 13.2 Å². The van der Waals surface area contributed by atoms with Gasteiger partial charge >= 0.3 is 6.18 Å². The van der Waals surface area contributed by atoms with Crippen LogP contribution in [0.5, 0.6) is 0 Å². The van der Waals surface area contributed by atoms with E-state index in [1.807, 2.05) is 6.92 Å². The first-order valence-corrected chi connectivity index (χ1v) is 10.9. The molecule has 168 valence electrons. The lowest BCUT2D eigenvalue weighted by Crippen LogP contribution is -2.41. The lowest BCUT2D eigenvalue weighted by molar-refractivity contribution is -0.148. The molecule has 0 radical (unpaired) electrons. The Kier molecular flexibility index (Phi) is 11.8. The molecule has 1 aromatic rings. The number of nitrogens with one attached hydrogen (secondary N) is 2. The first-order valence-electron chi connectivity index (χ1n) is 10.0. The van der Waals surface area contributed by atoms with Crippen LogP contribution >= 0.6 is 35.3 Å². The summed E-state index contributed by atoms with van der Waals surface area (Å²) in [4.78, 5) is 10.7. The summed E-state index contributed by atoms with van der Waals surface area (Å²) >= 11 is 1.63. The number of piperidine rings is 1. The molecule has 0 bridgehead atoms. The molecule has 29 heavy (non-hydrogen) atoms. The molecule has 2 heterocycles. The number of aliphatic imine (C=N–C) groups is 1. The number of thiazole rings is 1. The summed E-state index contributed by atoms with van der Waals surface area (Å²) in [6.07, 6.45) is -1.51. The Balaban J connectivity index is 0.00000420. The maximum Gasteiger partial charge on any atom is 0.401 e. The fraction of sp³-hybridized carbons (Fsp3) is 0.789. The van der Waals surface area contributed by atoms with Crippen LogP contribution in [0.25, 0.3) is 0 Å². The van der Waals surface area contributed by atoms with E-state index in [1.54, 1.807) is 11.3 Å². The van der Waals surface area contributed by atoms with Crippen LogP contribution in [0.1, 0.15) is 56.7 Å². The summed E-state index contributed by atoms with van der Waals surface area (Å²) in [6, 6.07) is 0. The molecule has 0 atom stereocenters. The lowest BCUT2D eigenvalue weighted by atomic mass is 9.93. The van der Waals surface area contributed by atoms with Crippen LogP contribution in [-0.2, 0) is 6.54 Å². The Morgan fingerprint density at radius 3 is 2.55 bits per heavy atom. The van der Waals surface area contributed by atoms with E-state index in [1.165, 1.54) is 4.90 Å². The molecule has 1 aliphatic heterocycles. The van der Waals surface area contributed by atoms with E-state index in [0.29, 0.717) is 31.5 Å². The van der Waals surface area contributed by atoms with Crippen LogP contribution < -0.4 is 10.6 Å². The Morgan fingerprint density at radius 2 is 2.00 bits per heavy atom. The zero-order valence-corrected chi connectivity index (χ0v) is 20.5. The van der Waals surface area contributed by atoms with Crippen molar-refractivity contribution in [1.82, 2.24) is 20.5 Å². The summed E-state index contributed by atoms with van der Waals surface area (Å²) in [6.45, 7) is 8.63. The minimum atomic E-state index is -4.10. The molecule has 0 unspecified atom stereocenters. The number of nitrogens with zero attached hydrogens (tertiary/aromatic N) is 3.